The molecule has 0 fully saturated rings. The number of aryl methyl sites for hydroxylation is 1. The van der Waals surface area contributed by atoms with Crippen molar-refractivity contribution < 1.29 is 9.47 Å². The fourth-order valence-corrected chi connectivity index (χ4v) is 1.96. The van der Waals surface area contributed by atoms with Gasteiger partial charge in [0.05, 0.1) is 25.5 Å². The molecule has 0 spiro atoms. The van der Waals surface area contributed by atoms with Crippen LogP contribution in [-0.2, 0) is 0 Å². The van der Waals surface area contributed by atoms with Crippen molar-refractivity contribution in [1.29, 1.82) is 0 Å². The molecule has 2 aromatic rings. The molecule has 1 aromatic carbocycles. The molecule has 0 saturated heterocycles. The van der Waals surface area contributed by atoms with Crippen LogP contribution < -0.4 is 9.47 Å². The first-order valence-electron chi connectivity index (χ1n) is 5.37. The molecule has 0 unspecified atom stereocenters. The zero-order valence-corrected chi connectivity index (χ0v) is 11.2. The highest BCUT2D eigenvalue weighted by molar-refractivity contribution is 6.31. The van der Waals surface area contributed by atoms with Crippen molar-refractivity contribution >= 4 is 11.6 Å². The molecule has 1 heterocycles. The van der Waals surface area contributed by atoms with E-state index >= 15 is 0 Å². The first-order valence-corrected chi connectivity index (χ1v) is 5.74. The van der Waals surface area contributed by atoms with E-state index < -0.39 is 0 Å². The smallest absolute Gasteiger partial charge is 0.224 e. The Kier molecular flexibility index (Phi) is 3.67. The summed E-state index contributed by atoms with van der Waals surface area (Å²) in [5.74, 6) is 1.21. The van der Waals surface area contributed by atoms with Crippen LogP contribution in [0.25, 0.3) is 11.1 Å². The molecule has 2 rings (SSSR count). The quantitative estimate of drug-likeness (QED) is 0.854. The summed E-state index contributed by atoms with van der Waals surface area (Å²) < 4.78 is 10.6. The molecule has 0 aliphatic heterocycles. The van der Waals surface area contributed by atoms with Crippen molar-refractivity contribution in [2.75, 3.05) is 14.2 Å². The summed E-state index contributed by atoms with van der Waals surface area (Å²) in [5, 5.41) is 0.621. The molecule has 94 valence electrons. The van der Waals surface area contributed by atoms with E-state index in [0.717, 1.165) is 16.8 Å². The van der Waals surface area contributed by atoms with E-state index in [0.29, 0.717) is 16.7 Å². The van der Waals surface area contributed by atoms with Crippen LogP contribution in [0.1, 0.15) is 5.69 Å². The lowest BCUT2D eigenvalue weighted by molar-refractivity contribution is 0.396. The lowest BCUT2D eigenvalue weighted by Gasteiger charge is -2.13. The second-order valence-electron chi connectivity index (χ2n) is 3.69. The number of aromatic nitrogens is 2. The fourth-order valence-electron chi connectivity index (χ4n) is 1.79. The molecule has 1 aromatic heterocycles. The molecule has 0 aliphatic carbocycles. The van der Waals surface area contributed by atoms with Crippen molar-refractivity contribution in [1.82, 2.24) is 9.97 Å². The van der Waals surface area contributed by atoms with Gasteiger partial charge in [-0.3, -0.25) is 0 Å². The van der Waals surface area contributed by atoms with Gasteiger partial charge in [0.1, 0.15) is 12.1 Å². The maximum atomic E-state index is 6.03. The number of rotatable bonds is 3. The van der Waals surface area contributed by atoms with E-state index in [1.165, 1.54) is 6.33 Å². The van der Waals surface area contributed by atoms with Gasteiger partial charge in [-0.2, -0.15) is 0 Å². The van der Waals surface area contributed by atoms with Gasteiger partial charge in [0.2, 0.25) is 5.88 Å². The highest BCUT2D eigenvalue weighted by Crippen LogP contribution is 2.38. The molecule has 0 atom stereocenters. The minimum Gasteiger partial charge on any atom is -0.496 e. The average molecular weight is 265 g/mol. The van der Waals surface area contributed by atoms with Crippen LogP contribution >= 0.6 is 11.6 Å². The van der Waals surface area contributed by atoms with Crippen LogP contribution in [0.4, 0.5) is 0 Å². The summed E-state index contributed by atoms with van der Waals surface area (Å²) in [5.41, 5.74) is 2.42. The van der Waals surface area contributed by atoms with E-state index in [1.54, 1.807) is 20.3 Å². The minimum atomic E-state index is 0.503. The summed E-state index contributed by atoms with van der Waals surface area (Å²) >= 11 is 6.03. The van der Waals surface area contributed by atoms with Gasteiger partial charge >= 0.3 is 0 Å². The first-order chi connectivity index (χ1) is 8.67. The second kappa shape index (κ2) is 5.23. The van der Waals surface area contributed by atoms with Crippen molar-refractivity contribution in [3.8, 4) is 22.8 Å². The van der Waals surface area contributed by atoms with Gasteiger partial charge in [0.15, 0.2) is 0 Å². The zero-order valence-electron chi connectivity index (χ0n) is 10.4. The third-order valence-corrected chi connectivity index (χ3v) is 2.86. The number of hydrogen-bond donors (Lipinski definition) is 0. The Morgan fingerprint density at radius 2 is 1.89 bits per heavy atom. The number of benzene rings is 1. The first kappa shape index (κ1) is 12.6. The molecule has 0 bridgehead atoms. The van der Waals surface area contributed by atoms with Crippen LogP contribution in [0.15, 0.2) is 24.5 Å². The van der Waals surface area contributed by atoms with Gasteiger partial charge in [-0.1, -0.05) is 11.6 Å². The van der Waals surface area contributed by atoms with Gasteiger partial charge in [-0.05, 0) is 25.1 Å². The van der Waals surface area contributed by atoms with Gasteiger partial charge in [0, 0.05) is 10.6 Å². The lowest BCUT2D eigenvalue weighted by atomic mass is 10.0. The number of nitrogens with zero attached hydrogens (tertiary/aromatic N) is 2. The molecule has 0 N–H and O–H groups in total. The summed E-state index contributed by atoms with van der Waals surface area (Å²) in [4.78, 5) is 8.29. The van der Waals surface area contributed by atoms with Gasteiger partial charge in [0.25, 0.3) is 0 Å². The molecule has 4 nitrogen and oxygen atoms in total. The predicted octanol–water partition coefficient (Wildman–Crippen LogP) is 3.12. The predicted molar refractivity (Wildman–Crippen MR) is 70.3 cm³/mol. The van der Waals surface area contributed by atoms with Crippen LogP contribution in [-0.4, -0.2) is 24.2 Å². The third kappa shape index (κ3) is 2.24. The number of hydrogen-bond acceptors (Lipinski definition) is 4. The minimum absolute atomic E-state index is 0.503. The molecule has 5 heteroatoms. The maximum Gasteiger partial charge on any atom is 0.224 e. The maximum absolute atomic E-state index is 6.03. The van der Waals surface area contributed by atoms with Crippen molar-refractivity contribution in [3.63, 3.8) is 0 Å². The second-order valence-corrected chi connectivity index (χ2v) is 4.12. The van der Waals surface area contributed by atoms with Crippen LogP contribution in [0.3, 0.4) is 0 Å². The SMILES string of the molecule is COc1ccc(Cl)cc1-c1c(C)ncnc1OC. The van der Waals surface area contributed by atoms with Gasteiger partial charge in [-0.15, -0.1) is 0 Å². The monoisotopic (exact) mass is 264 g/mol. The summed E-state index contributed by atoms with van der Waals surface area (Å²) in [6, 6.07) is 5.40. The summed E-state index contributed by atoms with van der Waals surface area (Å²) in [6.45, 7) is 1.89. The van der Waals surface area contributed by atoms with Crippen LogP contribution in [0.2, 0.25) is 5.02 Å². The standard InChI is InChI=1S/C13H13ClN2O2/c1-8-12(13(18-3)16-7-15-8)10-6-9(14)4-5-11(10)17-2/h4-7H,1-3H3. The molecule has 0 aliphatic rings. The number of ether oxygens (including phenoxy) is 2. The van der Waals surface area contributed by atoms with Crippen molar-refractivity contribution in [2.24, 2.45) is 0 Å². The lowest BCUT2D eigenvalue weighted by Crippen LogP contribution is -1.98. The Morgan fingerprint density at radius 3 is 2.56 bits per heavy atom. The molecule has 0 amide bonds. The fraction of sp³-hybridized carbons (Fsp3) is 0.231. The van der Waals surface area contributed by atoms with E-state index in [4.69, 9.17) is 21.1 Å². The topological polar surface area (TPSA) is 44.2 Å². The zero-order chi connectivity index (χ0) is 13.1. The molecule has 0 saturated carbocycles. The Labute approximate surface area is 111 Å². The van der Waals surface area contributed by atoms with E-state index in [9.17, 15) is 0 Å². The third-order valence-electron chi connectivity index (χ3n) is 2.63. The van der Waals surface area contributed by atoms with E-state index in [2.05, 4.69) is 9.97 Å². The Morgan fingerprint density at radius 1 is 1.11 bits per heavy atom. The number of halogens is 1. The summed E-state index contributed by atoms with van der Waals surface area (Å²) in [6.07, 6.45) is 1.47. The average Bonchev–Trinajstić information content (AvgIpc) is 2.38. The van der Waals surface area contributed by atoms with Crippen LogP contribution in [0.5, 0.6) is 11.6 Å². The Bertz CT molecular complexity index is 573. The van der Waals surface area contributed by atoms with Gasteiger partial charge in [-0.25, -0.2) is 9.97 Å². The molecular weight excluding hydrogens is 252 g/mol. The van der Waals surface area contributed by atoms with Crippen molar-refractivity contribution in [3.05, 3.63) is 35.2 Å². The molecular formula is C13H13ClN2O2. The van der Waals surface area contributed by atoms with E-state index in [1.807, 2.05) is 19.1 Å². The van der Waals surface area contributed by atoms with Gasteiger partial charge < -0.3 is 9.47 Å². The normalized spacial score (nSPS) is 10.2. The largest absolute Gasteiger partial charge is 0.496 e. The van der Waals surface area contributed by atoms with Crippen LogP contribution in [0, 0.1) is 6.92 Å². The van der Waals surface area contributed by atoms with E-state index in [-0.39, 0.29) is 0 Å². The number of methoxy groups -OCH3 is 2. The molecule has 0 radical (unpaired) electrons. The molecule has 18 heavy (non-hydrogen) atoms. The Hall–Kier alpha value is -1.81. The van der Waals surface area contributed by atoms with Crippen molar-refractivity contribution in [2.45, 2.75) is 6.92 Å². The summed E-state index contributed by atoms with van der Waals surface area (Å²) in [7, 11) is 3.18. The highest BCUT2D eigenvalue weighted by Gasteiger charge is 2.16. The Balaban J connectivity index is 2.71. The highest BCUT2D eigenvalue weighted by atomic mass is 35.5.